The van der Waals surface area contributed by atoms with Crippen LogP contribution in [0.4, 0.5) is 0 Å². The molecule has 2 fully saturated rings. The number of hydrogen-bond acceptors (Lipinski definition) is 5. The van der Waals surface area contributed by atoms with Gasteiger partial charge in [0.05, 0.1) is 15.6 Å². The third kappa shape index (κ3) is 4.58. The maximum Gasteiger partial charge on any atom is 0.263 e. The van der Waals surface area contributed by atoms with Crippen LogP contribution in [0.1, 0.15) is 56.9 Å². The Kier molecular flexibility index (Phi) is 5.59. The zero-order chi connectivity index (χ0) is 18.8. The molecule has 27 heavy (non-hydrogen) atoms. The van der Waals surface area contributed by atoms with Gasteiger partial charge in [0.1, 0.15) is 0 Å². The molecule has 1 aliphatic carbocycles. The number of amides is 2. The van der Waals surface area contributed by atoms with Crippen LogP contribution in [0.3, 0.4) is 0 Å². The average Bonchev–Trinajstić information content (AvgIpc) is 3.28. The van der Waals surface area contributed by atoms with Gasteiger partial charge in [-0.1, -0.05) is 0 Å². The van der Waals surface area contributed by atoms with Gasteiger partial charge in [0.25, 0.3) is 5.91 Å². The van der Waals surface area contributed by atoms with Crippen LogP contribution in [0.5, 0.6) is 0 Å². The van der Waals surface area contributed by atoms with E-state index >= 15 is 0 Å². The Bertz CT molecular complexity index is 825. The summed E-state index contributed by atoms with van der Waals surface area (Å²) < 4.78 is 0. The highest BCUT2D eigenvalue weighted by Gasteiger charge is 2.29. The normalized spacial score (nSPS) is 19.9. The number of thiazole rings is 1. The molecule has 0 aromatic carbocycles. The maximum absolute atomic E-state index is 12.7. The molecule has 144 valence electrons. The second kappa shape index (κ2) is 8.10. The van der Waals surface area contributed by atoms with E-state index in [9.17, 15) is 9.59 Å². The Hall–Kier alpha value is -1.73. The fraction of sp³-hybridized carbons (Fsp3) is 0.550. The van der Waals surface area contributed by atoms with Gasteiger partial charge >= 0.3 is 0 Å². The molecule has 1 saturated carbocycles. The number of aryl methyl sites for hydroxylation is 1. The minimum Gasteiger partial charge on any atom is -0.355 e. The van der Waals surface area contributed by atoms with E-state index in [1.165, 1.54) is 4.88 Å². The predicted octanol–water partition coefficient (Wildman–Crippen LogP) is 3.60. The lowest BCUT2D eigenvalue weighted by molar-refractivity contribution is -0.122. The molecule has 0 bridgehead atoms. The van der Waals surface area contributed by atoms with Gasteiger partial charge in [0, 0.05) is 48.1 Å². The number of nitrogens with zero attached hydrogens (tertiary/aromatic N) is 2. The molecule has 2 aliphatic rings. The van der Waals surface area contributed by atoms with E-state index < -0.39 is 0 Å². The first-order valence-corrected chi connectivity index (χ1v) is 11.4. The molecule has 5 nitrogen and oxygen atoms in total. The number of carbonyl (C=O) groups excluding carboxylic acids is 2. The summed E-state index contributed by atoms with van der Waals surface area (Å²) in [5.74, 6) is 0.922. The van der Waals surface area contributed by atoms with E-state index in [1.54, 1.807) is 22.7 Å². The zero-order valence-corrected chi connectivity index (χ0v) is 17.2. The van der Waals surface area contributed by atoms with Crippen LogP contribution >= 0.6 is 22.7 Å². The Morgan fingerprint density at radius 2 is 2.15 bits per heavy atom. The predicted molar refractivity (Wildman–Crippen MR) is 108 cm³/mol. The smallest absolute Gasteiger partial charge is 0.263 e. The summed E-state index contributed by atoms with van der Waals surface area (Å²) in [5, 5.41) is 6.22. The molecule has 4 rings (SSSR count). The molecule has 1 saturated heterocycles. The molecule has 1 N–H and O–H groups in total. The number of piperidine rings is 1. The number of nitrogens with one attached hydrogen (secondary N) is 1. The molecule has 1 atom stereocenters. The summed E-state index contributed by atoms with van der Waals surface area (Å²) in [6.45, 7) is 4.27. The third-order valence-corrected chi connectivity index (χ3v) is 7.25. The van der Waals surface area contributed by atoms with Crippen molar-refractivity contribution >= 4 is 34.5 Å². The first-order chi connectivity index (χ1) is 13.1. The van der Waals surface area contributed by atoms with Crippen LogP contribution in [0, 0.1) is 12.8 Å². The number of aromatic nitrogens is 1. The van der Waals surface area contributed by atoms with Crippen molar-refractivity contribution in [3.8, 4) is 0 Å². The number of carbonyl (C=O) groups is 2. The van der Waals surface area contributed by atoms with E-state index in [0.717, 1.165) is 60.8 Å². The molecule has 1 unspecified atom stereocenters. The lowest BCUT2D eigenvalue weighted by Crippen LogP contribution is -2.38. The van der Waals surface area contributed by atoms with Crippen molar-refractivity contribution < 1.29 is 9.59 Å². The van der Waals surface area contributed by atoms with Crippen LogP contribution in [0.15, 0.2) is 17.5 Å². The summed E-state index contributed by atoms with van der Waals surface area (Å²) in [4.78, 5) is 33.2. The molecule has 1 aliphatic heterocycles. The third-order valence-electron chi connectivity index (χ3n) is 5.21. The first kappa shape index (κ1) is 18.6. The van der Waals surface area contributed by atoms with E-state index in [-0.39, 0.29) is 17.7 Å². The maximum atomic E-state index is 12.7. The lowest BCUT2D eigenvalue weighted by atomic mass is 9.98. The molecule has 2 aromatic heterocycles. The summed E-state index contributed by atoms with van der Waals surface area (Å²) in [6.07, 6.45) is 4.95. The molecule has 0 radical (unpaired) electrons. The van der Waals surface area contributed by atoms with Crippen molar-refractivity contribution in [1.29, 1.82) is 0 Å². The number of rotatable bonds is 6. The van der Waals surface area contributed by atoms with Gasteiger partial charge < -0.3 is 10.2 Å². The Balaban J connectivity index is 1.32. The topological polar surface area (TPSA) is 62.3 Å². The molecular formula is C20H25N3O2S2. The van der Waals surface area contributed by atoms with Crippen LogP contribution in [0.2, 0.25) is 0 Å². The monoisotopic (exact) mass is 403 g/mol. The van der Waals surface area contributed by atoms with Crippen molar-refractivity contribution in [2.75, 3.05) is 19.6 Å². The zero-order valence-electron chi connectivity index (χ0n) is 15.6. The van der Waals surface area contributed by atoms with Crippen LogP contribution in [-0.2, 0) is 11.2 Å². The van der Waals surface area contributed by atoms with Crippen molar-refractivity contribution in [3.63, 3.8) is 0 Å². The van der Waals surface area contributed by atoms with Crippen LogP contribution in [0.25, 0.3) is 0 Å². The minimum absolute atomic E-state index is 0.150. The Labute approximate surface area is 167 Å². The second-order valence-corrected chi connectivity index (χ2v) is 9.67. The van der Waals surface area contributed by atoms with Gasteiger partial charge in [-0.15, -0.1) is 22.7 Å². The highest BCUT2D eigenvalue weighted by molar-refractivity contribution is 7.13. The first-order valence-electron chi connectivity index (χ1n) is 9.68. The van der Waals surface area contributed by atoms with E-state index in [4.69, 9.17) is 4.98 Å². The molecule has 2 amide bonds. The van der Waals surface area contributed by atoms with E-state index in [1.807, 2.05) is 24.0 Å². The van der Waals surface area contributed by atoms with Crippen molar-refractivity contribution in [1.82, 2.24) is 15.2 Å². The van der Waals surface area contributed by atoms with Crippen molar-refractivity contribution in [2.24, 2.45) is 5.92 Å². The average molecular weight is 404 g/mol. The van der Waals surface area contributed by atoms with Gasteiger partial charge in [0.15, 0.2) is 0 Å². The number of thiophene rings is 1. The molecule has 3 heterocycles. The van der Waals surface area contributed by atoms with Gasteiger partial charge in [-0.2, -0.15) is 0 Å². The summed E-state index contributed by atoms with van der Waals surface area (Å²) >= 11 is 3.26. The molecule has 7 heteroatoms. The number of hydrogen-bond donors (Lipinski definition) is 1. The fourth-order valence-corrected chi connectivity index (χ4v) is 5.31. The number of likely N-dealkylation sites (tertiary alicyclic amines) is 1. The largest absolute Gasteiger partial charge is 0.355 e. The van der Waals surface area contributed by atoms with Gasteiger partial charge in [-0.25, -0.2) is 4.98 Å². The van der Waals surface area contributed by atoms with Crippen LogP contribution in [-0.4, -0.2) is 41.3 Å². The van der Waals surface area contributed by atoms with Crippen LogP contribution < -0.4 is 5.32 Å². The van der Waals surface area contributed by atoms with E-state index in [0.29, 0.717) is 12.5 Å². The SMILES string of the molecule is Cc1ccc(C(=O)N2CCCC(c3nc(CCNC(=O)C4CC4)cs3)C2)s1. The highest BCUT2D eigenvalue weighted by atomic mass is 32.1. The van der Waals surface area contributed by atoms with Crippen molar-refractivity contribution in [3.05, 3.63) is 38.0 Å². The summed E-state index contributed by atoms with van der Waals surface area (Å²) in [5.41, 5.74) is 1.04. The summed E-state index contributed by atoms with van der Waals surface area (Å²) in [7, 11) is 0. The Morgan fingerprint density at radius 3 is 2.89 bits per heavy atom. The van der Waals surface area contributed by atoms with Gasteiger partial charge in [-0.3, -0.25) is 9.59 Å². The van der Waals surface area contributed by atoms with Gasteiger partial charge in [0.2, 0.25) is 5.91 Å². The minimum atomic E-state index is 0.150. The highest BCUT2D eigenvalue weighted by Crippen LogP contribution is 2.31. The van der Waals surface area contributed by atoms with E-state index in [2.05, 4.69) is 10.7 Å². The quantitative estimate of drug-likeness (QED) is 0.802. The fourth-order valence-electron chi connectivity index (χ4n) is 3.50. The van der Waals surface area contributed by atoms with Gasteiger partial charge in [-0.05, 0) is 44.7 Å². The molecule has 0 spiro atoms. The van der Waals surface area contributed by atoms with Crippen molar-refractivity contribution in [2.45, 2.75) is 44.9 Å². The second-order valence-electron chi connectivity index (χ2n) is 7.49. The molecular weight excluding hydrogens is 378 g/mol. The standard InChI is InChI=1S/C20H25N3O2S2/c1-13-4-7-17(27-13)20(25)23-10-2-3-15(11-23)19-22-16(12-26-19)8-9-21-18(24)14-5-6-14/h4,7,12,14-15H,2-3,5-6,8-11H2,1H3,(H,21,24). The summed E-state index contributed by atoms with van der Waals surface area (Å²) in [6, 6.07) is 3.94. The lowest BCUT2D eigenvalue weighted by Gasteiger charge is -2.31. The molecule has 2 aromatic rings. The Morgan fingerprint density at radius 1 is 1.30 bits per heavy atom.